The summed E-state index contributed by atoms with van der Waals surface area (Å²) in [4.78, 5) is 4.61. The van der Waals surface area contributed by atoms with Crippen LogP contribution in [-0.2, 0) is 0 Å². The summed E-state index contributed by atoms with van der Waals surface area (Å²) in [6, 6.07) is 1.71. The molecule has 9 heavy (non-hydrogen) atoms. The molecular formula is C5H5BrN2S. The molecule has 0 spiro atoms. The number of hydrogen-bond acceptors (Lipinski definition) is 3. The molecule has 1 heterocycles. The molecule has 4 heteroatoms. The lowest BCUT2D eigenvalue weighted by Crippen LogP contribution is -1.87. The van der Waals surface area contributed by atoms with Crippen LogP contribution in [-0.4, -0.2) is 4.98 Å². The number of nitrogens with zero attached hydrogens (tertiary/aromatic N) is 1. The second-order valence-electron chi connectivity index (χ2n) is 1.57. The minimum atomic E-state index is 0.639. The molecule has 2 nitrogen and oxygen atoms in total. The van der Waals surface area contributed by atoms with Gasteiger partial charge in [0.2, 0.25) is 0 Å². The third-order valence-electron chi connectivity index (χ3n) is 0.881. The molecule has 48 valence electrons. The molecule has 0 atom stereocenters. The van der Waals surface area contributed by atoms with Crippen molar-refractivity contribution in [3.05, 3.63) is 16.9 Å². The van der Waals surface area contributed by atoms with Crippen LogP contribution in [0.25, 0.3) is 0 Å². The molecule has 0 saturated heterocycles. The van der Waals surface area contributed by atoms with Crippen molar-refractivity contribution in [3.63, 3.8) is 0 Å². The molecule has 0 amide bonds. The fraction of sp³-hybridized carbons (Fsp3) is 0. The largest absolute Gasteiger partial charge is 0.398 e. The molecule has 0 saturated carbocycles. The van der Waals surface area contributed by atoms with Gasteiger partial charge in [-0.15, -0.1) is 12.6 Å². The van der Waals surface area contributed by atoms with E-state index in [2.05, 4.69) is 33.5 Å². The van der Waals surface area contributed by atoms with Gasteiger partial charge in [0.25, 0.3) is 0 Å². The molecule has 1 aromatic heterocycles. The number of anilines is 1. The van der Waals surface area contributed by atoms with Gasteiger partial charge in [0.1, 0.15) is 4.60 Å². The maximum absolute atomic E-state index is 5.47. The number of rotatable bonds is 0. The lowest BCUT2D eigenvalue weighted by atomic mass is 10.4. The zero-order chi connectivity index (χ0) is 6.85. The smallest absolute Gasteiger partial charge is 0.108 e. The Labute approximate surface area is 67.0 Å². The van der Waals surface area contributed by atoms with Gasteiger partial charge in [-0.3, -0.25) is 0 Å². The Morgan fingerprint density at radius 1 is 1.67 bits per heavy atom. The Bertz CT molecular complexity index is 226. The highest BCUT2D eigenvalue weighted by Crippen LogP contribution is 2.17. The summed E-state index contributed by atoms with van der Waals surface area (Å²) in [5, 5.41) is 0. The fourth-order valence-corrected chi connectivity index (χ4v) is 0.908. The summed E-state index contributed by atoms with van der Waals surface area (Å²) in [6.07, 6.45) is 1.60. The number of nitrogens with two attached hydrogens (primary N) is 1. The van der Waals surface area contributed by atoms with Crippen LogP contribution < -0.4 is 5.73 Å². The lowest BCUT2D eigenvalue weighted by molar-refractivity contribution is 1.21. The van der Waals surface area contributed by atoms with E-state index in [1.54, 1.807) is 12.3 Å². The van der Waals surface area contributed by atoms with E-state index in [9.17, 15) is 0 Å². The molecule has 0 aliphatic carbocycles. The lowest BCUT2D eigenvalue weighted by Gasteiger charge is -1.95. The zero-order valence-corrected chi connectivity index (χ0v) is 6.98. The Balaban J connectivity index is 3.17. The van der Waals surface area contributed by atoms with Gasteiger partial charge in [0.15, 0.2) is 0 Å². The van der Waals surface area contributed by atoms with Gasteiger partial charge in [-0.2, -0.15) is 0 Å². The van der Waals surface area contributed by atoms with Gasteiger partial charge >= 0.3 is 0 Å². The predicted molar refractivity (Wildman–Crippen MR) is 43.6 cm³/mol. The summed E-state index contributed by atoms with van der Waals surface area (Å²) >= 11 is 7.21. The average molecular weight is 205 g/mol. The molecule has 0 aliphatic heterocycles. The zero-order valence-electron chi connectivity index (χ0n) is 4.50. The highest BCUT2D eigenvalue weighted by Gasteiger charge is 1.93. The first-order valence-corrected chi connectivity index (χ1v) is 3.54. The van der Waals surface area contributed by atoms with E-state index in [1.165, 1.54) is 0 Å². The van der Waals surface area contributed by atoms with Crippen LogP contribution in [0.15, 0.2) is 21.8 Å². The quantitative estimate of drug-likeness (QED) is 0.500. The first-order valence-electron chi connectivity index (χ1n) is 2.30. The molecule has 0 radical (unpaired) electrons. The van der Waals surface area contributed by atoms with Crippen molar-refractivity contribution in [2.45, 2.75) is 4.90 Å². The number of halogens is 1. The van der Waals surface area contributed by atoms with Gasteiger partial charge in [-0.25, -0.2) is 4.98 Å². The molecule has 1 aromatic rings. The van der Waals surface area contributed by atoms with Crippen molar-refractivity contribution in [2.75, 3.05) is 5.73 Å². The highest BCUT2D eigenvalue weighted by atomic mass is 79.9. The summed E-state index contributed by atoms with van der Waals surface area (Å²) < 4.78 is 0.734. The van der Waals surface area contributed by atoms with Crippen molar-refractivity contribution >= 4 is 34.2 Å². The summed E-state index contributed by atoms with van der Waals surface area (Å²) in [5.74, 6) is 0. The topological polar surface area (TPSA) is 38.9 Å². The van der Waals surface area contributed by atoms with Crippen molar-refractivity contribution in [3.8, 4) is 0 Å². The van der Waals surface area contributed by atoms with Crippen LogP contribution in [0.4, 0.5) is 5.69 Å². The van der Waals surface area contributed by atoms with E-state index < -0.39 is 0 Å². The van der Waals surface area contributed by atoms with Crippen molar-refractivity contribution in [2.24, 2.45) is 0 Å². The first-order chi connectivity index (χ1) is 4.20. The number of pyridine rings is 1. The summed E-state index contributed by atoms with van der Waals surface area (Å²) in [6.45, 7) is 0. The number of thiol groups is 1. The normalized spacial score (nSPS) is 9.56. The molecule has 0 aromatic carbocycles. The van der Waals surface area contributed by atoms with Crippen LogP contribution in [0.5, 0.6) is 0 Å². The second-order valence-corrected chi connectivity index (χ2v) is 2.86. The van der Waals surface area contributed by atoms with E-state index in [1.807, 2.05) is 0 Å². The Morgan fingerprint density at radius 3 is 2.78 bits per heavy atom. The van der Waals surface area contributed by atoms with Crippen LogP contribution in [0.3, 0.4) is 0 Å². The Morgan fingerprint density at radius 2 is 2.33 bits per heavy atom. The Kier molecular flexibility index (Phi) is 1.97. The predicted octanol–water partition coefficient (Wildman–Crippen LogP) is 1.71. The standard InChI is InChI=1S/C5H5BrN2S/c6-5-1-3(7)4(9)2-8-5/h1-2,9H,(H2,7,8). The Hall–Kier alpha value is -0.220. The molecule has 0 aliphatic rings. The third kappa shape index (κ3) is 1.59. The molecule has 1 rings (SSSR count). The van der Waals surface area contributed by atoms with Gasteiger partial charge in [0.05, 0.1) is 0 Å². The van der Waals surface area contributed by atoms with Crippen molar-refractivity contribution in [1.29, 1.82) is 0 Å². The van der Waals surface area contributed by atoms with E-state index in [4.69, 9.17) is 5.73 Å². The van der Waals surface area contributed by atoms with Gasteiger partial charge in [-0.1, -0.05) is 0 Å². The van der Waals surface area contributed by atoms with Crippen LogP contribution in [0, 0.1) is 0 Å². The van der Waals surface area contributed by atoms with Crippen molar-refractivity contribution in [1.82, 2.24) is 4.98 Å². The van der Waals surface area contributed by atoms with E-state index in [0.29, 0.717) is 10.6 Å². The summed E-state index contributed by atoms with van der Waals surface area (Å²) in [7, 11) is 0. The number of nitrogen functional groups attached to an aromatic ring is 1. The highest BCUT2D eigenvalue weighted by molar-refractivity contribution is 9.10. The summed E-state index contributed by atoms with van der Waals surface area (Å²) in [5.41, 5.74) is 6.11. The van der Waals surface area contributed by atoms with Crippen molar-refractivity contribution < 1.29 is 0 Å². The number of hydrogen-bond donors (Lipinski definition) is 2. The van der Waals surface area contributed by atoms with E-state index in [0.717, 1.165) is 4.60 Å². The third-order valence-corrected chi connectivity index (χ3v) is 1.69. The van der Waals surface area contributed by atoms with E-state index in [-0.39, 0.29) is 0 Å². The minimum Gasteiger partial charge on any atom is -0.398 e. The molecule has 2 N–H and O–H groups in total. The van der Waals surface area contributed by atoms with Crippen LogP contribution in [0.2, 0.25) is 0 Å². The van der Waals surface area contributed by atoms with Crippen LogP contribution >= 0.6 is 28.6 Å². The second kappa shape index (κ2) is 2.58. The maximum atomic E-state index is 5.47. The van der Waals surface area contributed by atoms with Gasteiger partial charge < -0.3 is 5.73 Å². The van der Waals surface area contributed by atoms with E-state index >= 15 is 0 Å². The first kappa shape index (κ1) is 6.89. The van der Waals surface area contributed by atoms with Crippen LogP contribution in [0.1, 0.15) is 0 Å². The monoisotopic (exact) mass is 204 g/mol. The SMILES string of the molecule is Nc1cc(Br)ncc1S. The number of aromatic nitrogens is 1. The molecule has 0 bridgehead atoms. The molecular weight excluding hydrogens is 200 g/mol. The fourth-order valence-electron chi connectivity index (χ4n) is 0.437. The molecule has 0 fully saturated rings. The average Bonchev–Trinajstić information content (AvgIpc) is 1.80. The maximum Gasteiger partial charge on any atom is 0.108 e. The van der Waals surface area contributed by atoms with Gasteiger partial charge in [-0.05, 0) is 22.0 Å². The van der Waals surface area contributed by atoms with Gasteiger partial charge in [0, 0.05) is 16.8 Å². The molecule has 0 unspecified atom stereocenters. The minimum absolute atomic E-state index is 0.639.